The summed E-state index contributed by atoms with van der Waals surface area (Å²) in [4.78, 5) is 7.69. The molecule has 1 aliphatic carbocycles. The lowest BCUT2D eigenvalue weighted by molar-refractivity contribution is -0.140. The van der Waals surface area contributed by atoms with Gasteiger partial charge in [0.2, 0.25) is 11.8 Å². The van der Waals surface area contributed by atoms with E-state index in [9.17, 15) is 13.2 Å². The van der Waals surface area contributed by atoms with Crippen molar-refractivity contribution in [3.05, 3.63) is 41.6 Å². The summed E-state index contributed by atoms with van der Waals surface area (Å²) in [6.07, 6.45) is 0.276. The van der Waals surface area contributed by atoms with Gasteiger partial charge in [-0.2, -0.15) is 23.4 Å². The molecule has 136 valence electrons. The molecule has 0 bridgehead atoms. The largest absolute Gasteiger partial charge is 0.474 e. The number of aromatic nitrogens is 2. The van der Waals surface area contributed by atoms with Crippen LogP contribution in [0.1, 0.15) is 43.2 Å². The lowest BCUT2D eigenvalue weighted by Gasteiger charge is -2.24. The van der Waals surface area contributed by atoms with Crippen LogP contribution in [0.4, 0.5) is 24.8 Å². The summed E-state index contributed by atoms with van der Waals surface area (Å²) in [5.41, 5.74) is 0.0611. The van der Waals surface area contributed by atoms with Crippen molar-refractivity contribution in [1.29, 1.82) is 5.26 Å². The lowest BCUT2D eigenvalue weighted by atomic mass is 9.98. The van der Waals surface area contributed by atoms with Crippen LogP contribution in [0.5, 0.6) is 5.88 Å². The van der Waals surface area contributed by atoms with Crippen molar-refractivity contribution in [2.24, 2.45) is 0 Å². The molecule has 1 N–H and O–H groups in total. The summed E-state index contributed by atoms with van der Waals surface area (Å²) in [5, 5.41) is 11.6. The zero-order chi connectivity index (χ0) is 18.6. The van der Waals surface area contributed by atoms with Crippen LogP contribution in [0.25, 0.3) is 0 Å². The van der Waals surface area contributed by atoms with E-state index in [1.54, 1.807) is 24.3 Å². The summed E-state index contributed by atoms with van der Waals surface area (Å²) in [7, 11) is 0. The SMILES string of the molecule is N#Cc1ccc(Nc2ncc(C(F)(F)F)c(OC3CCCCC3)n2)cc1. The molecule has 0 aliphatic heterocycles. The molecule has 2 aromatic rings. The van der Waals surface area contributed by atoms with Gasteiger partial charge in [-0.25, -0.2) is 4.98 Å². The first kappa shape index (κ1) is 18.0. The van der Waals surface area contributed by atoms with E-state index in [0.29, 0.717) is 11.3 Å². The fourth-order valence-electron chi connectivity index (χ4n) is 2.81. The van der Waals surface area contributed by atoms with Gasteiger partial charge in [0.05, 0.1) is 11.6 Å². The number of anilines is 2. The third-order valence-electron chi connectivity index (χ3n) is 4.16. The number of nitriles is 1. The van der Waals surface area contributed by atoms with Crippen molar-refractivity contribution in [2.45, 2.75) is 44.4 Å². The van der Waals surface area contributed by atoms with Gasteiger partial charge in [-0.15, -0.1) is 0 Å². The fourth-order valence-corrected chi connectivity index (χ4v) is 2.81. The van der Waals surface area contributed by atoms with E-state index >= 15 is 0 Å². The van der Waals surface area contributed by atoms with Crippen LogP contribution in [-0.2, 0) is 6.18 Å². The number of ether oxygens (including phenoxy) is 1. The number of rotatable bonds is 4. The Morgan fingerprint density at radius 1 is 1.12 bits per heavy atom. The predicted molar refractivity (Wildman–Crippen MR) is 89.0 cm³/mol. The first-order chi connectivity index (χ1) is 12.5. The average Bonchev–Trinajstić information content (AvgIpc) is 2.62. The Kier molecular flexibility index (Phi) is 5.26. The highest BCUT2D eigenvalue weighted by Gasteiger charge is 2.37. The van der Waals surface area contributed by atoms with Gasteiger partial charge in [0, 0.05) is 11.9 Å². The maximum atomic E-state index is 13.2. The van der Waals surface area contributed by atoms with Crippen LogP contribution in [0.15, 0.2) is 30.5 Å². The molecule has 0 amide bonds. The number of halogens is 3. The second-order valence-electron chi connectivity index (χ2n) is 6.10. The van der Waals surface area contributed by atoms with Gasteiger partial charge in [0.15, 0.2) is 0 Å². The predicted octanol–water partition coefficient (Wildman–Crippen LogP) is 4.82. The minimum absolute atomic E-state index is 0.00789. The van der Waals surface area contributed by atoms with E-state index in [1.807, 2.05) is 6.07 Å². The molecule has 1 heterocycles. The molecule has 1 aromatic carbocycles. The molecule has 8 heteroatoms. The van der Waals surface area contributed by atoms with E-state index in [-0.39, 0.29) is 12.1 Å². The van der Waals surface area contributed by atoms with Crippen molar-refractivity contribution in [2.75, 3.05) is 5.32 Å². The molecule has 1 fully saturated rings. The third-order valence-corrected chi connectivity index (χ3v) is 4.16. The number of alkyl halides is 3. The third kappa shape index (κ3) is 4.42. The van der Waals surface area contributed by atoms with Gasteiger partial charge in [-0.3, -0.25) is 0 Å². The fraction of sp³-hybridized carbons (Fsp3) is 0.389. The molecule has 1 saturated carbocycles. The van der Waals surface area contributed by atoms with Gasteiger partial charge in [-0.05, 0) is 49.9 Å². The van der Waals surface area contributed by atoms with Crippen molar-refractivity contribution < 1.29 is 17.9 Å². The topological polar surface area (TPSA) is 70.8 Å². The number of nitrogens with one attached hydrogen (secondary N) is 1. The molecule has 0 saturated heterocycles. The average molecular weight is 362 g/mol. The van der Waals surface area contributed by atoms with Crippen molar-refractivity contribution in [3.63, 3.8) is 0 Å². The number of hydrogen-bond donors (Lipinski definition) is 1. The van der Waals surface area contributed by atoms with Gasteiger partial charge in [0.1, 0.15) is 11.7 Å². The van der Waals surface area contributed by atoms with Crippen molar-refractivity contribution >= 4 is 11.6 Å². The van der Waals surface area contributed by atoms with E-state index in [2.05, 4.69) is 15.3 Å². The minimum Gasteiger partial charge on any atom is -0.474 e. The molecule has 5 nitrogen and oxygen atoms in total. The summed E-state index contributed by atoms with van der Waals surface area (Å²) in [5.74, 6) is -0.441. The Morgan fingerprint density at radius 2 is 1.81 bits per heavy atom. The highest BCUT2D eigenvalue weighted by Crippen LogP contribution is 2.36. The zero-order valence-corrected chi connectivity index (χ0v) is 13.9. The first-order valence-electron chi connectivity index (χ1n) is 8.34. The molecule has 26 heavy (non-hydrogen) atoms. The molecule has 0 unspecified atom stereocenters. The van der Waals surface area contributed by atoms with Crippen LogP contribution >= 0.6 is 0 Å². The summed E-state index contributed by atoms with van der Waals surface area (Å²) < 4.78 is 45.3. The molecule has 3 rings (SSSR count). The van der Waals surface area contributed by atoms with Crippen LogP contribution < -0.4 is 10.1 Å². The van der Waals surface area contributed by atoms with Gasteiger partial charge in [-0.1, -0.05) is 6.42 Å². The molecule has 1 aromatic heterocycles. The maximum absolute atomic E-state index is 13.2. The van der Waals surface area contributed by atoms with Crippen LogP contribution in [0, 0.1) is 11.3 Å². The number of hydrogen-bond acceptors (Lipinski definition) is 5. The van der Waals surface area contributed by atoms with Gasteiger partial charge < -0.3 is 10.1 Å². The summed E-state index contributed by atoms with van der Waals surface area (Å²) in [6.45, 7) is 0. The summed E-state index contributed by atoms with van der Waals surface area (Å²) >= 11 is 0. The van der Waals surface area contributed by atoms with E-state index < -0.39 is 17.6 Å². The standard InChI is InChI=1S/C18H17F3N4O/c19-18(20,21)15-11-23-17(24-13-8-6-12(10-22)7-9-13)25-16(15)26-14-4-2-1-3-5-14/h6-9,11,14H,1-5H2,(H,23,24,25). The lowest BCUT2D eigenvalue weighted by Crippen LogP contribution is -2.22. The maximum Gasteiger partial charge on any atom is 0.423 e. The highest BCUT2D eigenvalue weighted by atomic mass is 19.4. The molecule has 0 radical (unpaired) electrons. The Labute approximate surface area is 148 Å². The van der Waals surface area contributed by atoms with E-state index in [4.69, 9.17) is 10.00 Å². The van der Waals surface area contributed by atoms with E-state index in [1.165, 1.54) is 0 Å². The Hall–Kier alpha value is -2.82. The zero-order valence-electron chi connectivity index (χ0n) is 13.9. The Bertz CT molecular complexity index is 794. The van der Waals surface area contributed by atoms with Crippen LogP contribution in [0.2, 0.25) is 0 Å². The molecule has 1 aliphatic rings. The highest BCUT2D eigenvalue weighted by molar-refractivity contribution is 5.55. The Morgan fingerprint density at radius 3 is 2.42 bits per heavy atom. The summed E-state index contributed by atoms with van der Waals surface area (Å²) in [6, 6.07) is 8.42. The molecule has 0 spiro atoms. The quantitative estimate of drug-likeness (QED) is 0.844. The van der Waals surface area contributed by atoms with Crippen LogP contribution in [-0.4, -0.2) is 16.1 Å². The van der Waals surface area contributed by atoms with Gasteiger partial charge in [0.25, 0.3) is 0 Å². The Balaban J connectivity index is 1.84. The van der Waals surface area contributed by atoms with E-state index in [0.717, 1.165) is 38.3 Å². The minimum atomic E-state index is -4.59. The monoisotopic (exact) mass is 362 g/mol. The molecule has 0 atom stereocenters. The van der Waals surface area contributed by atoms with Crippen molar-refractivity contribution in [3.8, 4) is 11.9 Å². The normalized spacial score (nSPS) is 15.3. The number of benzene rings is 1. The molecular weight excluding hydrogens is 345 g/mol. The van der Waals surface area contributed by atoms with Gasteiger partial charge >= 0.3 is 6.18 Å². The second kappa shape index (κ2) is 7.60. The molecular formula is C18H17F3N4O. The first-order valence-corrected chi connectivity index (χ1v) is 8.34. The van der Waals surface area contributed by atoms with Crippen molar-refractivity contribution in [1.82, 2.24) is 9.97 Å². The second-order valence-corrected chi connectivity index (χ2v) is 6.10. The smallest absolute Gasteiger partial charge is 0.423 e. The number of nitrogens with zero attached hydrogens (tertiary/aromatic N) is 3. The van der Waals surface area contributed by atoms with Crippen LogP contribution in [0.3, 0.4) is 0 Å².